The molecule has 0 amide bonds. The summed E-state index contributed by atoms with van der Waals surface area (Å²) < 4.78 is 11.2. The van der Waals surface area contributed by atoms with Crippen molar-refractivity contribution >= 4 is 22.6 Å². The van der Waals surface area contributed by atoms with Gasteiger partial charge in [-0.05, 0) is 45.7 Å². The summed E-state index contributed by atoms with van der Waals surface area (Å²) in [5.41, 5.74) is 0. The maximum absolute atomic E-state index is 11.8. The average molecular weight is 248 g/mol. The summed E-state index contributed by atoms with van der Waals surface area (Å²) in [6, 6.07) is 0. The van der Waals surface area contributed by atoms with Crippen LogP contribution in [0, 0.1) is 0 Å². The molecule has 0 spiro atoms. The van der Waals surface area contributed by atoms with Gasteiger partial charge in [0.2, 0.25) is 8.32 Å². The maximum Gasteiger partial charge on any atom is 0.320 e. The summed E-state index contributed by atoms with van der Waals surface area (Å²) in [5, 5.41) is 0. The zero-order valence-corrected chi connectivity index (χ0v) is 13.0. The Morgan fingerprint density at radius 1 is 1.07 bits per heavy atom. The number of rotatable bonds is 5. The summed E-state index contributed by atoms with van der Waals surface area (Å²) in [5.74, 6) is -0.181. The summed E-state index contributed by atoms with van der Waals surface area (Å²) in [7, 11) is -3.45. The van der Waals surface area contributed by atoms with Crippen molar-refractivity contribution in [3.8, 4) is 0 Å². The molecule has 1 unspecified atom stereocenters. The van der Waals surface area contributed by atoms with Gasteiger partial charge in [0, 0.05) is 0 Å². The third-order valence-electron chi connectivity index (χ3n) is 1.54. The molecule has 0 aliphatic carbocycles. The molecular formula is C10H24O3Si2. The molecule has 15 heavy (non-hydrogen) atoms. The third-order valence-corrected chi connectivity index (χ3v) is 3.34. The highest BCUT2D eigenvalue weighted by atomic mass is 28.4. The van der Waals surface area contributed by atoms with Gasteiger partial charge in [0.1, 0.15) is 6.10 Å². The quantitative estimate of drug-likeness (QED) is 0.702. The minimum atomic E-state index is -1.79. The van der Waals surface area contributed by atoms with Gasteiger partial charge >= 0.3 is 5.97 Å². The Balaban J connectivity index is 4.36. The van der Waals surface area contributed by atoms with Crippen LogP contribution in [-0.4, -0.2) is 28.7 Å². The van der Waals surface area contributed by atoms with E-state index in [-0.39, 0.29) is 12.1 Å². The van der Waals surface area contributed by atoms with Gasteiger partial charge in [-0.25, -0.2) is 0 Å². The maximum atomic E-state index is 11.8. The van der Waals surface area contributed by atoms with Crippen LogP contribution in [-0.2, 0) is 13.6 Å². The molecule has 90 valence electrons. The highest BCUT2D eigenvalue weighted by molar-refractivity contribution is 6.71. The SMILES string of the molecule is CCC(O[Si](C)(C)C)C(=O)O[Si](C)(C)C. The van der Waals surface area contributed by atoms with E-state index < -0.39 is 16.6 Å². The van der Waals surface area contributed by atoms with Gasteiger partial charge in [0.15, 0.2) is 8.32 Å². The van der Waals surface area contributed by atoms with Crippen molar-refractivity contribution < 1.29 is 13.6 Å². The zero-order chi connectivity index (χ0) is 12.3. The van der Waals surface area contributed by atoms with Gasteiger partial charge in [-0.3, -0.25) is 4.79 Å². The summed E-state index contributed by atoms with van der Waals surface area (Å²) in [6.07, 6.45) is 0.316. The van der Waals surface area contributed by atoms with Gasteiger partial charge in [-0.2, -0.15) is 0 Å². The van der Waals surface area contributed by atoms with Crippen LogP contribution in [0.25, 0.3) is 0 Å². The monoisotopic (exact) mass is 248 g/mol. The molecule has 5 heteroatoms. The number of hydrogen-bond donors (Lipinski definition) is 0. The molecule has 0 aliphatic rings. The van der Waals surface area contributed by atoms with Crippen molar-refractivity contribution in [2.45, 2.75) is 58.7 Å². The van der Waals surface area contributed by atoms with Gasteiger partial charge < -0.3 is 8.85 Å². The second-order valence-electron chi connectivity index (χ2n) is 5.66. The van der Waals surface area contributed by atoms with Crippen molar-refractivity contribution in [2.75, 3.05) is 0 Å². The first-order valence-corrected chi connectivity index (χ1v) is 12.3. The fraction of sp³-hybridized carbons (Fsp3) is 0.900. The van der Waals surface area contributed by atoms with Crippen molar-refractivity contribution in [3.63, 3.8) is 0 Å². The highest BCUT2D eigenvalue weighted by Gasteiger charge is 2.29. The smallest absolute Gasteiger partial charge is 0.320 e. The van der Waals surface area contributed by atoms with Crippen LogP contribution in [0.4, 0.5) is 0 Å². The second-order valence-corrected chi connectivity index (χ2v) is 14.5. The predicted molar refractivity (Wildman–Crippen MR) is 67.9 cm³/mol. The number of carbonyl (C=O) groups is 1. The minimum absolute atomic E-state index is 0.181. The Morgan fingerprint density at radius 2 is 1.53 bits per heavy atom. The topological polar surface area (TPSA) is 35.5 Å². The molecule has 0 bridgehead atoms. The minimum Gasteiger partial charge on any atom is -0.518 e. The van der Waals surface area contributed by atoms with Gasteiger partial charge in [-0.15, -0.1) is 0 Å². The highest BCUT2D eigenvalue weighted by Crippen LogP contribution is 2.14. The van der Waals surface area contributed by atoms with E-state index in [2.05, 4.69) is 19.6 Å². The van der Waals surface area contributed by atoms with E-state index in [1.807, 2.05) is 26.6 Å². The van der Waals surface area contributed by atoms with Crippen molar-refractivity contribution in [1.82, 2.24) is 0 Å². The van der Waals surface area contributed by atoms with E-state index >= 15 is 0 Å². The van der Waals surface area contributed by atoms with E-state index in [1.165, 1.54) is 0 Å². The molecule has 0 aromatic carbocycles. The zero-order valence-electron chi connectivity index (χ0n) is 11.0. The van der Waals surface area contributed by atoms with E-state index in [0.29, 0.717) is 6.42 Å². The van der Waals surface area contributed by atoms with Gasteiger partial charge in [0.25, 0.3) is 0 Å². The van der Waals surface area contributed by atoms with Crippen LogP contribution in [0.1, 0.15) is 13.3 Å². The van der Waals surface area contributed by atoms with Crippen LogP contribution in [0.3, 0.4) is 0 Å². The molecule has 0 saturated heterocycles. The lowest BCUT2D eigenvalue weighted by Gasteiger charge is -2.27. The van der Waals surface area contributed by atoms with E-state index in [1.54, 1.807) is 0 Å². The Kier molecular flexibility index (Phi) is 5.22. The first kappa shape index (κ1) is 14.9. The second kappa shape index (κ2) is 5.27. The van der Waals surface area contributed by atoms with Crippen LogP contribution in [0.15, 0.2) is 0 Å². The standard InChI is InChI=1S/C10H24O3Si2/c1-8-9(12-14(2,3)4)10(11)13-15(5,6)7/h9H,8H2,1-7H3. The van der Waals surface area contributed by atoms with Gasteiger partial charge in [0.05, 0.1) is 0 Å². The molecule has 0 aliphatic heterocycles. The Bertz CT molecular complexity index is 216. The van der Waals surface area contributed by atoms with Crippen LogP contribution >= 0.6 is 0 Å². The molecule has 0 radical (unpaired) electrons. The van der Waals surface area contributed by atoms with E-state index in [9.17, 15) is 4.79 Å². The summed E-state index contributed by atoms with van der Waals surface area (Å²) in [6.45, 7) is 14.2. The third kappa shape index (κ3) is 7.75. The number of hydrogen-bond acceptors (Lipinski definition) is 3. The summed E-state index contributed by atoms with van der Waals surface area (Å²) >= 11 is 0. The first-order chi connectivity index (χ1) is 6.55. The van der Waals surface area contributed by atoms with Crippen LogP contribution in [0.5, 0.6) is 0 Å². The summed E-state index contributed by atoms with van der Waals surface area (Å²) in [4.78, 5) is 11.8. The van der Waals surface area contributed by atoms with Gasteiger partial charge in [-0.1, -0.05) is 6.92 Å². The Labute approximate surface area is 95.4 Å². The molecule has 0 aromatic heterocycles. The lowest BCUT2D eigenvalue weighted by atomic mass is 10.3. The van der Waals surface area contributed by atoms with E-state index in [0.717, 1.165) is 0 Å². The molecule has 0 fully saturated rings. The normalized spacial score (nSPS) is 14.9. The van der Waals surface area contributed by atoms with Crippen molar-refractivity contribution in [1.29, 1.82) is 0 Å². The van der Waals surface area contributed by atoms with Crippen LogP contribution in [0.2, 0.25) is 39.3 Å². The molecule has 0 saturated carbocycles. The first-order valence-electron chi connectivity index (χ1n) is 5.46. The molecule has 1 atom stereocenters. The molecule has 0 N–H and O–H groups in total. The lowest BCUT2D eigenvalue weighted by Crippen LogP contribution is -2.41. The molecular weight excluding hydrogens is 224 g/mol. The Hall–Kier alpha value is -0.136. The number of carbonyl (C=O) groups excluding carboxylic acids is 1. The molecule has 0 rings (SSSR count). The lowest BCUT2D eigenvalue weighted by molar-refractivity contribution is -0.143. The van der Waals surface area contributed by atoms with Crippen molar-refractivity contribution in [3.05, 3.63) is 0 Å². The van der Waals surface area contributed by atoms with E-state index in [4.69, 9.17) is 8.85 Å². The van der Waals surface area contributed by atoms with Crippen molar-refractivity contribution in [2.24, 2.45) is 0 Å². The fourth-order valence-electron chi connectivity index (χ4n) is 1.09. The average Bonchev–Trinajstić information content (AvgIpc) is 1.94. The largest absolute Gasteiger partial charge is 0.518 e. The predicted octanol–water partition coefficient (Wildman–Crippen LogP) is 2.99. The fourth-order valence-corrected chi connectivity index (χ4v) is 2.94. The Morgan fingerprint density at radius 3 is 1.80 bits per heavy atom. The van der Waals surface area contributed by atoms with Crippen LogP contribution < -0.4 is 0 Å². The molecule has 3 nitrogen and oxygen atoms in total. The molecule has 0 aromatic rings. The molecule has 0 heterocycles.